The highest BCUT2D eigenvalue weighted by atomic mass is 16.6. The van der Waals surface area contributed by atoms with Gasteiger partial charge in [0.1, 0.15) is 5.75 Å². The second kappa shape index (κ2) is 4.70. The highest BCUT2D eigenvalue weighted by Crippen LogP contribution is 2.32. The van der Waals surface area contributed by atoms with Crippen LogP contribution in [0.3, 0.4) is 0 Å². The molecule has 2 N–H and O–H groups in total. The van der Waals surface area contributed by atoms with Crippen LogP contribution < -0.4 is 10.5 Å². The Bertz CT molecular complexity index is 599. The second-order valence-electron chi connectivity index (χ2n) is 3.67. The van der Waals surface area contributed by atoms with E-state index in [9.17, 15) is 10.1 Å². The third-order valence-electron chi connectivity index (χ3n) is 2.48. The van der Waals surface area contributed by atoms with Crippen LogP contribution in [0.15, 0.2) is 36.7 Å². The van der Waals surface area contributed by atoms with E-state index in [4.69, 9.17) is 10.5 Å². The maximum absolute atomic E-state index is 10.8. The molecule has 92 valence electrons. The van der Waals surface area contributed by atoms with Crippen LogP contribution in [0.4, 0.5) is 11.4 Å². The Balaban J connectivity index is 2.39. The predicted octanol–water partition coefficient (Wildman–Crippen LogP) is 2.67. The molecular weight excluding hydrogens is 234 g/mol. The van der Waals surface area contributed by atoms with Gasteiger partial charge in [0.2, 0.25) is 0 Å². The molecule has 18 heavy (non-hydrogen) atoms. The number of nitrogens with zero attached hydrogens (tertiary/aromatic N) is 2. The van der Waals surface area contributed by atoms with Gasteiger partial charge in [0.15, 0.2) is 5.75 Å². The van der Waals surface area contributed by atoms with Gasteiger partial charge in [0.05, 0.1) is 22.4 Å². The van der Waals surface area contributed by atoms with Crippen molar-refractivity contribution >= 4 is 11.4 Å². The van der Waals surface area contributed by atoms with Gasteiger partial charge in [0.25, 0.3) is 5.69 Å². The number of nitro benzene ring substituents is 1. The average molecular weight is 245 g/mol. The molecule has 1 heterocycles. The number of nitrogen functional groups attached to an aromatic ring is 1. The van der Waals surface area contributed by atoms with Crippen LogP contribution in [-0.4, -0.2) is 9.91 Å². The van der Waals surface area contributed by atoms with Crippen LogP contribution in [0, 0.1) is 17.0 Å². The normalized spacial score (nSPS) is 10.1. The van der Waals surface area contributed by atoms with E-state index in [0.29, 0.717) is 22.7 Å². The van der Waals surface area contributed by atoms with E-state index >= 15 is 0 Å². The predicted molar refractivity (Wildman–Crippen MR) is 66.6 cm³/mol. The lowest BCUT2D eigenvalue weighted by atomic mass is 10.2. The topological polar surface area (TPSA) is 91.3 Å². The first-order chi connectivity index (χ1) is 8.59. The average Bonchev–Trinajstić information content (AvgIpc) is 2.34. The van der Waals surface area contributed by atoms with Gasteiger partial charge in [-0.15, -0.1) is 0 Å². The molecule has 0 bridgehead atoms. The van der Waals surface area contributed by atoms with Crippen LogP contribution in [0.25, 0.3) is 0 Å². The molecule has 0 atom stereocenters. The summed E-state index contributed by atoms with van der Waals surface area (Å²) in [6, 6.07) is 6.26. The van der Waals surface area contributed by atoms with E-state index in [2.05, 4.69) is 4.98 Å². The van der Waals surface area contributed by atoms with Crippen molar-refractivity contribution in [3.63, 3.8) is 0 Å². The zero-order valence-electron chi connectivity index (χ0n) is 9.66. The van der Waals surface area contributed by atoms with Gasteiger partial charge in [-0.25, -0.2) is 0 Å². The van der Waals surface area contributed by atoms with E-state index in [-0.39, 0.29) is 5.69 Å². The summed E-state index contributed by atoms with van der Waals surface area (Å²) >= 11 is 0. The van der Waals surface area contributed by atoms with Crippen molar-refractivity contribution in [3.05, 3.63) is 52.3 Å². The zero-order chi connectivity index (χ0) is 13.1. The van der Waals surface area contributed by atoms with E-state index in [1.54, 1.807) is 31.3 Å². The van der Waals surface area contributed by atoms with Gasteiger partial charge in [-0.05, 0) is 13.0 Å². The van der Waals surface area contributed by atoms with Gasteiger partial charge in [-0.1, -0.05) is 6.07 Å². The lowest BCUT2D eigenvalue weighted by Gasteiger charge is -2.10. The molecule has 1 aromatic carbocycles. The summed E-state index contributed by atoms with van der Waals surface area (Å²) in [5.41, 5.74) is 6.54. The van der Waals surface area contributed by atoms with Crippen molar-refractivity contribution in [1.29, 1.82) is 0 Å². The standard InChI is InChI=1S/C12H11N3O3/c1-8-10(15(16)17)3-2-4-11(8)18-12-5-6-14-7-9(12)13/h2-7H,13H2,1H3. The number of ether oxygens (including phenoxy) is 1. The molecule has 0 unspecified atom stereocenters. The SMILES string of the molecule is Cc1c(Oc2ccncc2N)cccc1[N+](=O)[O-]. The molecule has 0 spiro atoms. The molecule has 0 radical (unpaired) electrons. The number of hydrogen-bond donors (Lipinski definition) is 1. The number of nitrogens with two attached hydrogens (primary N) is 1. The molecule has 0 saturated carbocycles. The van der Waals surface area contributed by atoms with Crippen molar-refractivity contribution in [1.82, 2.24) is 4.98 Å². The van der Waals surface area contributed by atoms with Gasteiger partial charge in [-0.3, -0.25) is 15.1 Å². The summed E-state index contributed by atoms with van der Waals surface area (Å²) in [6.45, 7) is 1.63. The maximum Gasteiger partial charge on any atom is 0.276 e. The first-order valence-electron chi connectivity index (χ1n) is 5.21. The van der Waals surface area contributed by atoms with E-state index in [1.165, 1.54) is 12.3 Å². The summed E-state index contributed by atoms with van der Waals surface area (Å²) in [5, 5.41) is 10.8. The highest BCUT2D eigenvalue weighted by molar-refractivity contribution is 5.55. The minimum Gasteiger partial charge on any atom is -0.455 e. The molecule has 0 amide bonds. The van der Waals surface area contributed by atoms with E-state index < -0.39 is 4.92 Å². The molecule has 6 nitrogen and oxygen atoms in total. The van der Waals surface area contributed by atoms with Crippen molar-refractivity contribution in [2.75, 3.05) is 5.73 Å². The summed E-state index contributed by atoms with van der Waals surface area (Å²) in [7, 11) is 0. The first-order valence-corrected chi connectivity index (χ1v) is 5.21. The minimum atomic E-state index is -0.446. The van der Waals surface area contributed by atoms with Crippen molar-refractivity contribution in [3.8, 4) is 11.5 Å². The number of pyridine rings is 1. The second-order valence-corrected chi connectivity index (χ2v) is 3.67. The fourth-order valence-corrected chi connectivity index (χ4v) is 1.52. The van der Waals surface area contributed by atoms with E-state index in [0.717, 1.165) is 0 Å². The molecule has 0 aliphatic heterocycles. The Morgan fingerprint density at radius 3 is 2.78 bits per heavy atom. The largest absolute Gasteiger partial charge is 0.455 e. The maximum atomic E-state index is 10.8. The first kappa shape index (κ1) is 11.8. The minimum absolute atomic E-state index is 0.0140. The quantitative estimate of drug-likeness (QED) is 0.663. The highest BCUT2D eigenvalue weighted by Gasteiger charge is 2.15. The molecule has 2 aromatic rings. The Kier molecular flexibility index (Phi) is 3.09. The van der Waals surface area contributed by atoms with Gasteiger partial charge in [-0.2, -0.15) is 0 Å². The molecule has 0 fully saturated rings. The summed E-state index contributed by atoms with van der Waals surface area (Å²) < 4.78 is 5.56. The summed E-state index contributed by atoms with van der Waals surface area (Å²) in [5.74, 6) is 0.829. The zero-order valence-corrected chi connectivity index (χ0v) is 9.66. The third-order valence-corrected chi connectivity index (χ3v) is 2.48. The third kappa shape index (κ3) is 2.22. The van der Waals surface area contributed by atoms with Crippen molar-refractivity contribution in [2.45, 2.75) is 6.92 Å². The molecular formula is C12H11N3O3. The van der Waals surface area contributed by atoms with Crippen molar-refractivity contribution in [2.24, 2.45) is 0 Å². The Hall–Kier alpha value is -2.63. The molecule has 0 aliphatic rings. The van der Waals surface area contributed by atoms with Gasteiger partial charge >= 0.3 is 0 Å². The van der Waals surface area contributed by atoms with Crippen LogP contribution in [0.5, 0.6) is 11.5 Å². The number of rotatable bonds is 3. The molecule has 6 heteroatoms. The smallest absolute Gasteiger partial charge is 0.276 e. The van der Waals surface area contributed by atoms with Crippen LogP contribution in [0.2, 0.25) is 0 Å². The monoisotopic (exact) mass is 245 g/mol. The molecule has 0 saturated heterocycles. The number of anilines is 1. The van der Waals surface area contributed by atoms with Crippen LogP contribution in [-0.2, 0) is 0 Å². The number of aromatic nitrogens is 1. The van der Waals surface area contributed by atoms with Crippen LogP contribution >= 0.6 is 0 Å². The summed E-state index contributed by atoms with van der Waals surface area (Å²) in [4.78, 5) is 14.2. The van der Waals surface area contributed by atoms with E-state index in [1.807, 2.05) is 0 Å². The fraction of sp³-hybridized carbons (Fsp3) is 0.0833. The summed E-state index contributed by atoms with van der Waals surface area (Å²) in [6.07, 6.45) is 3.00. The van der Waals surface area contributed by atoms with Gasteiger partial charge in [0, 0.05) is 18.3 Å². The van der Waals surface area contributed by atoms with Crippen molar-refractivity contribution < 1.29 is 9.66 Å². The van der Waals surface area contributed by atoms with Gasteiger partial charge < -0.3 is 10.5 Å². The number of nitro groups is 1. The lowest BCUT2D eigenvalue weighted by molar-refractivity contribution is -0.385. The number of hydrogen-bond acceptors (Lipinski definition) is 5. The molecule has 2 rings (SSSR count). The Labute approximate surface area is 103 Å². The molecule has 1 aromatic heterocycles. The fourth-order valence-electron chi connectivity index (χ4n) is 1.52. The Morgan fingerprint density at radius 2 is 2.11 bits per heavy atom. The number of benzene rings is 1. The Morgan fingerprint density at radius 1 is 1.33 bits per heavy atom. The lowest BCUT2D eigenvalue weighted by Crippen LogP contribution is -1.96. The van der Waals surface area contributed by atoms with Crippen LogP contribution in [0.1, 0.15) is 5.56 Å². The molecule has 0 aliphatic carbocycles.